The Kier molecular flexibility index (Phi) is 4.17. The van der Waals surface area contributed by atoms with Crippen molar-refractivity contribution < 1.29 is 13.6 Å². The maximum atomic E-state index is 13.3. The molecular weight excluding hydrogens is 212 g/mol. The Bertz CT molecular complexity index is 416. The molecule has 0 spiro atoms. The van der Waals surface area contributed by atoms with Crippen LogP contribution in [0.4, 0.5) is 8.78 Å². The average molecular weight is 225 g/mol. The van der Waals surface area contributed by atoms with Crippen LogP contribution in [0.15, 0.2) is 24.8 Å². The molecule has 0 fully saturated rings. The van der Waals surface area contributed by atoms with E-state index in [1.807, 2.05) is 0 Å². The molecule has 2 nitrogen and oxygen atoms in total. The van der Waals surface area contributed by atoms with Gasteiger partial charge in [-0.1, -0.05) is 6.08 Å². The number of benzene rings is 1. The van der Waals surface area contributed by atoms with E-state index in [1.54, 1.807) is 6.08 Å². The van der Waals surface area contributed by atoms with Crippen LogP contribution in [0.3, 0.4) is 0 Å². The molecule has 4 heteroatoms. The van der Waals surface area contributed by atoms with Crippen LogP contribution in [0.2, 0.25) is 0 Å². The molecule has 86 valence electrons. The minimum atomic E-state index is -0.848. The van der Waals surface area contributed by atoms with Crippen molar-refractivity contribution in [3.05, 3.63) is 47.5 Å². The number of aryl methyl sites for hydroxylation is 1. The zero-order chi connectivity index (χ0) is 12.1. The summed E-state index contributed by atoms with van der Waals surface area (Å²) in [5, 5.41) is 2.51. The van der Waals surface area contributed by atoms with E-state index in [-0.39, 0.29) is 11.1 Å². The largest absolute Gasteiger partial charge is 0.352 e. The van der Waals surface area contributed by atoms with Crippen molar-refractivity contribution in [3.8, 4) is 0 Å². The standard InChI is InChI=1S/C12H13F2NO/c1-3-4-5-15-12(16)9-6-8(2)10(13)7-11(9)14/h3,6-7H,1,4-5H2,2H3,(H,15,16). The molecule has 1 N–H and O–H groups in total. The third-order valence-electron chi connectivity index (χ3n) is 2.13. The average Bonchev–Trinajstić information content (AvgIpc) is 2.23. The van der Waals surface area contributed by atoms with Crippen LogP contribution >= 0.6 is 0 Å². The van der Waals surface area contributed by atoms with Gasteiger partial charge in [0, 0.05) is 12.6 Å². The minimum absolute atomic E-state index is 0.136. The molecule has 0 atom stereocenters. The maximum Gasteiger partial charge on any atom is 0.254 e. The lowest BCUT2D eigenvalue weighted by Gasteiger charge is -2.06. The Morgan fingerprint density at radius 3 is 2.75 bits per heavy atom. The Balaban J connectivity index is 2.83. The fraction of sp³-hybridized carbons (Fsp3) is 0.250. The van der Waals surface area contributed by atoms with Gasteiger partial charge in [-0.05, 0) is 25.0 Å². The van der Waals surface area contributed by atoms with Crippen LogP contribution in [0, 0.1) is 18.6 Å². The van der Waals surface area contributed by atoms with E-state index in [2.05, 4.69) is 11.9 Å². The highest BCUT2D eigenvalue weighted by molar-refractivity contribution is 5.94. The first-order valence-electron chi connectivity index (χ1n) is 4.91. The van der Waals surface area contributed by atoms with Crippen LogP contribution in [-0.4, -0.2) is 12.5 Å². The van der Waals surface area contributed by atoms with Crippen molar-refractivity contribution >= 4 is 5.91 Å². The van der Waals surface area contributed by atoms with Gasteiger partial charge in [0.25, 0.3) is 5.91 Å². The predicted molar refractivity (Wildman–Crippen MR) is 58.2 cm³/mol. The first-order valence-corrected chi connectivity index (χ1v) is 4.91. The molecule has 16 heavy (non-hydrogen) atoms. The van der Waals surface area contributed by atoms with Crippen molar-refractivity contribution in [1.82, 2.24) is 5.32 Å². The number of halogens is 2. The number of carbonyl (C=O) groups excluding carboxylic acids is 1. The van der Waals surface area contributed by atoms with Gasteiger partial charge in [0.1, 0.15) is 11.6 Å². The van der Waals surface area contributed by atoms with E-state index in [9.17, 15) is 13.6 Å². The Labute approximate surface area is 93.0 Å². The molecular formula is C12H13F2NO. The predicted octanol–water partition coefficient (Wildman–Crippen LogP) is 2.58. The molecule has 1 aromatic carbocycles. The van der Waals surface area contributed by atoms with Gasteiger partial charge in [-0.25, -0.2) is 8.78 Å². The molecule has 0 aliphatic rings. The second-order valence-corrected chi connectivity index (χ2v) is 3.41. The number of hydrogen-bond donors (Lipinski definition) is 1. The van der Waals surface area contributed by atoms with Crippen LogP contribution in [0.25, 0.3) is 0 Å². The molecule has 1 aromatic rings. The SMILES string of the molecule is C=CCCNC(=O)c1cc(C)c(F)cc1F. The number of nitrogens with one attached hydrogen (secondary N) is 1. The van der Waals surface area contributed by atoms with Gasteiger partial charge in [0.15, 0.2) is 0 Å². The Morgan fingerprint density at radius 2 is 2.12 bits per heavy atom. The second-order valence-electron chi connectivity index (χ2n) is 3.41. The monoisotopic (exact) mass is 225 g/mol. The van der Waals surface area contributed by atoms with Crippen LogP contribution in [0.5, 0.6) is 0 Å². The van der Waals surface area contributed by atoms with Gasteiger partial charge in [-0.3, -0.25) is 4.79 Å². The highest BCUT2D eigenvalue weighted by atomic mass is 19.1. The molecule has 0 radical (unpaired) electrons. The molecule has 1 rings (SSSR count). The van der Waals surface area contributed by atoms with Crippen molar-refractivity contribution in [2.45, 2.75) is 13.3 Å². The highest BCUT2D eigenvalue weighted by Gasteiger charge is 2.13. The number of amides is 1. The molecule has 0 aromatic heterocycles. The molecule has 0 bridgehead atoms. The first kappa shape index (κ1) is 12.4. The fourth-order valence-electron chi connectivity index (χ4n) is 1.21. The third-order valence-corrected chi connectivity index (χ3v) is 2.13. The number of rotatable bonds is 4. The third kappa shape index (κ3) is 2.89. The summed E-state index contributed by atoms with van der Waals surface area (Å²) in [7, 11) is 0. The van der Waals surface area contributed by atoms with E-state index in [4.69, 9.17) is 0 Å². The highest BCUT2D eigenvalue weighted by Crippen LogP contribution is 2.13. The van der Waals surface area contributed by atoms with Gasteiger partial charge in [0.05, 0.1) is 5.56 Å². The van der Waals surface area contributed by atoms with Crippen molar-refractivity contribution in [2.24, 2.45) is 0 Å². The topological polar surface area (TPSA) is 29.1 Å². The first-order chi connectivity index (χ1) is 7.56. The second kappa shape index (κ2) is 5.39. The van der Waals surface area contributed by atoms with E-state index in [0.29, 0.717) is 13.0 Å². The van der Waals surface area contributed by atoms with Gasteiger partial charge < -0.3 is 5.32 Å². The summed E-state index contributed by atoms with van der Waals surface area (Å²) in [6.45, 7) is 5.37. The van der Waals surface area contributed by atoms with E-state index in [1.165, 1.54) is 13.0 Å². The van der Waals surface area contributed by atoms with Gasteiger partial charge in [-0.2, -0.15) is 0 Å². The van der Waals surface area contributed by atoms with E-state index in [0.717, 1.165) is 6.07 Å². The van der Waals surface area contributed by atoms with Gasteiger partial charge >= 0.3 is 0 Å². The normalized spacial score (nSPS) is 9.94. The van der Waals surface area contributed by atoms with Gasteiger partial charge in [-0.15, -0.1) is 6.58 Å². The zero-order valence-electron chi connectivity index (χ0n) is 9.02. The van der Waals surface area contributed by atoms with E-state index < -0.39 is 17.5 Å². The molecule has 0 aliphatic heterocycles. The summed E-state index contributed by atoms with van der Waals surface area (Å²) in [4.78, 5) is 11.5. The fourth-order valence-corrected chi connectivity index (χ4v) is 1.21. The smallest absolute Gasteiger partial charge is 0.254 e. The molecule has 0 unspecified atom stereocenters. The molecule has 0 saturated heterocycles. The van der Waals surface area contributed by atoms with Crippen LogP contribution < -0.4 is 5.32 Å². The van der Waals surface area contributed by atoms with Crippen molar-refractivity contribution in [3.63, 3.8) is 0 Å². The van der Waals surface area contributed by atoms with Gasteiger partial charge in [0.2, 0.25) is 0 Å². The summed E-state index contributed by atoms with van der Waals surface area (Å²) in [6.07, 6.45) is 2.25. The van der Waals surface area contributed by atoms with Crippen molar-refractivity contribution in [2.75, 3.05) is 6.54 Å². The summed E-state index contributed by atoms with van der Waals surface area (Å²) in [6, 6.07) is 1.92. The minimum Gasteiger partial charge on any atom is -0.352 e. The lowest BCUT2D eigenvalue weighted by Crippen LogP contribution is -2.25. The van der Waals surface area contributed by atoms with Crippen molar-refractivity contribution in [1.29, 1.82) is 0 Å². The summed E-state index contributed by atoms with van der Waals surface area (Å²) in [5.41, 5.74) is 0.109. The summed E-state index contributed by atoms with van der Waals surface area (Å²) >= 11 is 0. The lowest BCUT2D eigenvalue weighted by atomic mass is 10.1. The van der Waals surface area contributed by atoms with Crippen LogP contribution in [-0.2, 0) is 0 Å². The number of carbonyl (C=O) groups is 1. The lowest BCUT2D eigenvalue weighted by molar-refractivity contribution is 0.0950. The quantitative estimate of drug-likeness (QED) is 0.619. The van der Waals surface area contributed by atoms with Crippen LogP contribution in [0.1, 0.15) is 22.3 Å². The Morgan fingerprint density at radius 1 is 1.44 bits per heavy atom. The summed E-state index contributed by atoms with van der Waals surface area (Å²) < 4.78 is 26.2. The summed E-state index contributed by atoms with van der Waals surface area (Å²) in [5.74, 6) is -2.04. The maximum absolute atomic E-state index is 13.3. The molecule has 0 heterocycles. The molecule has 1 amide bonds. The molecule has 0 aliphatic carbocycles. The number of hydrogen-bond acceptors (Lipinski definition) is 1. The van der Waals surface area contributed by atoms with E-state index >= 15 is 0 Å². The molecule has 0 saturated carbocycles. The Hall–Kier alpha value is -1.71. The zero-order valence-corrected chi connectivity index (χ0v) is 9.02.